The monoisotopic (exact) mass is 316 g/mol. The second kappa shape index (κ2) is 6.29. The van der Waals surface area contributed by atoms with Gasteiger partial charge in [-0.05, 0) is 49.9 Å². The Balaban J connectivity index is 1.55. The summed E-state index contributed by atoms with van der Waals surface area (Å²) >= 11 is 0. The smallest absolute Gasteiger partial charge is 0.244 e. The van der Waals surface area contributed by atoms with Crippen LogP contribution in [0.2, 0.25) is 0 Å². The van der Waals surface area contributed by atoms with Crippen molar-refractivity contribution in [3.63, 3.8) is 0 Å². The molecule has 2 aliphatic rings. The number of anilines is 1. The number of carbonyl (C=O) groups is 2. The quantitative estimate of drug-likeness (QED) is 0.748. The molecule has 1 saturated heterocycles. The molecule has 124 valence electrons. The molecule has 1 aromatic carbocycles. The topological polar surface area (TPSA) is 101 Å². The Morgan fingerprint density at radius 3 is 2.57 bits per heavy atom. The fourth-order valence-corrected chi connectivity index (χ4v) is 3.00. The highest BCUT2D eigenvalue weighted by Crippen LogP contribution is 2.33. The number of piperidine rings is 1. The van der Waals surface area contributed by atoms with Gasteiger partial charge in [0, 0.05) is 18.8 Å². The number of amides is 2. The van der Waals surface area contributed by atoms with Crippen LogP contribution >= 0.6 is 0 Å². The van der Waals surface area contributed by atoms with Crippen molar-refractivity contribution in [3.05, 3.63) is 29.8 Å². The third kappa shape index (κ3) is 3.89. The summed E-state index contributed by atoms with van der Waals surface area (Å²) in [6.07, 6.45) is 3.40. The van der Waals surface area contributed by atoms with Gasteiger partial charge in [0.05, 0.1) is 11.5 Å². The fourth-order valence-electron chi connectivity index (χ4n) is 3.00. The van der Waals surface area contributed by atoms with Crippen molar-refractivity contribution in [1.29, 1.82) is 0 Å². The van der Waals surface area contributed by atoms with Crippen LogP contribution in [0.15, 0.2) is 24.3 Å². The first-order valence-electron chi connectivity index (χ1n) is 8.17. The minimum absolute atomic E-state index is 0.0402. The summed E-state index contributed by atoms with van der Waals surface area (Å²) < 4.78 is 0. The molecule has 1 aromatic rings. The van der Waals surface area contributed by atoms with Crippen LogP contribution in [0, 0.1) is 5.92 Å². The molecule has 23 heavy (non-hydrogen) atoms. The molecule has 6 nitrogen and oxygen atoms in total. The fraction of sp³-hybridized carbons (Fsp3) is 0.529. The Morgan fingerprint density at radius 2 is 1.96 bits per heavy atom. The van der Waals surface area contributed by atoms with Gasteiger partial charge in [-0.15, -0.1) is 0 Å². The molecule has 6 heteroatoms. The minimum Gasteiger partial charge on any atom is -0.369 e. The van der Waals surface area contributed by atoms with E-state index in [4.69, 9.17) is 11.5 Å². The van der Waals surface area contributed by atoms with Crippen molar-refractivity contribution < 1.29 is 9.59 Å². The van der Waals surface area contributed by atoms with E-state index in [9.17, 15) is 9.59 Å². The molecule has 0 radical (unpaired) electrons. The molecule has 1 aliphatic carbocycles. The molecule has 3 rings (SSSR count). The highest BCUT2D eigenvalue weighted by Gasteiger charge is 2.45. The summed E-state index contributed by atoms with van der Waals surface area (Å²) in [4.78, 5) is 25.5. The molecule has 5 N–H and O–H groups in total. The highest BCUT2D eigenvalue weighted by atomic mass is 16.2. The van der Waals surface area contributed by atoms with E-state index in [1.165, 1.54) is 0 Å². The van der Waals surface area contributed by atoms with Crippen LogP contribution in [0.1, 0.15) is 31.2 Å². The van der Waals surface area contributed by atoms with E-state index in [-0.39, 0.29) is 17.7 Å². The zero-order chi connectivity index (χ0) is 16.4. The zero-order valence-corrected chi connectivity index (χ0v) is 13.3. The second-order valence-electron chi connectivity index (χ2n) is 6.78. The molecule has 0 aromatic heterocycles. The number of benzene rings is 1. The van der Waals surface area contributed by atoms with Crippen LogP contribution in [0.25, 0.3) is 0 Å². The average molecular weight is 316 g/mol. The Hall–Kier alpha value is -1.92. The van der Waals surface area contributed by atoms with Gasteiger partial charge >= 0.3 is 0 Å². The number of likely N-dealkylation sites (tertiary alicyclic amines) is 1. The lowest BCUT2D eigenvalue weighted by Gasteiger charge is -2.31. The summed E-state index contributed by atoms with van der Waals surface area (Å²) in [7, 11) is 0. The third-order valence-corrected chi connectivity index (χ3v) is 4.77. The molecule has 2 amide bonds. The molecule has 1 aliphatic heterocycles. The number of nitrogens with one attached hydrogen (secondary N) is 1. The standard InChI is InChI=1S/C17H24N4O2/c18-15(22)13-2-1-9-21(11-13)10-12-3-5-14(6-4-12)20-16(23)17(19)7-8-17/h3-6,13H,1-2,7-11,19H2,(H2,18,22)(H,20,23). The van der Waals surface area contributed by atoms with E-state index in [1.807, 2.05) is 24.3 Å². The van der Waals surface area contributed by atoms with Gasteiger partial charge < -0.3 is 16.8 Å². The number of hydrogen-bond acceptors (Lipinski definition) is 4. The SMILES string of the molecule is NC(=O)C1CCCN(Cc2ccc(NC(=O)C3(N)CC3)cc2)C1. The summed E-state index contributed by atoms with van der Waals surface area (Å²) in [5.74, 6) is -0.351. The lowest BCUT2D eigenvalue weighted by atomic mass is 9.97. The zero-order valence-electron chi connectivity index (χ0n) is 13.3. The second-order valence-corrected chi connectivity index (χ2v) is 6.78. The Bertz CT molecular complexity index is 595. The first-order chi connectivity index (χ1) is 11.0. The summed E-state index contributed by atoms with van der Waals surface area (Å²) in [6, 6.07) is 7.79. The maximum Gasteiger partial charge on any atom is 0.244 e. The highest BCUT2D eigenvalue weighted by molar-refractivity contribution is 6.00. The van der Waals surface area contributed by atoms with Crippen LogP contribution < -0.4 is 16.8 Å². The average Bonchev–Trinajstić information content (AvgIpc) is 3.29. The Labute approximate surface area is 136 Å². The van der Waals surface area contributed by atoms with Crippen molar-refractivity contribution in [3.8, 4) is 0 Å². The number of hydrogen-bond donors (Lipinski definition) is 3. The van der Waals surface area contributed by atoms with Gasteiger partial charge in [0.15, 0.2) is 0 Å². The van der Waals surface area contributed by atoms with Gasteiger partial charge in [-0.25, -0.2) is 0 Å². The van der Waals surface area contributed by atoms with Gasteiger partial charge in [-0.3, -0.25) is 14.5 Å². The number of nitrogens with two attached hydrogens (primary N) is 2. The van der Waals surface area contributed by atoms with Crippen LogP contribution in [0.3, 0.4) is 0 Å². The van der Waals surface area contributed by atoms with Crippen LogP contribution in [-0.4, -0.2) is 35.3 Å². The summed E-state index contributed by atoms with van der Waals surface area (Å²) in [6.45, 7) is 2.50. The van der Waals surface area contributed by atoms with Crippen molar-refractivity contribution in [2.45, 2.75) is 37.8 Å². The maximum atomic E-state index is 11.9. The third-order valence-electron chi connectivity index (χ3n) is 4.77. The Morgan fingerprint density at radius 1 is 1.26 bits per heavy atom. The first kappa shape index (κ1) is 16.0. The predicted octanol–water partition coefficient (Wildman–Crippen LogP) is 0.814. The van der Waals surface area contributed by atoms with Gasteiger partial charge in [-0.2, -0.15) is 0 Å². The number of carbonyl (C=O) groups excluding carboxylic acids is 2. The van der Waals surface area contributed by atoms with E-state index in [0.717, 1.165) is 56.6 Å². The molecule has 0 bridgehead atoms. The molecular formula is C17H24N4O2. The van der Waals surface area contributed by atoms with Crippen LogP contribution in [0.5, 0.6) is 0 Å². The number of nitrogens with zero attached hydrogens (tertiary/aromatic N) is 1. The first-order valence-corrected chi connectivity index (χ1v) is 8.17. The van der Waals surface area contributed by atoms with Crippen LogP contribution in [0.4, 0.5) is 5.69 Å². The molecule has 1 atom stereocenters. The van der Waals surface area contributed by atoms with E-state index < -0.39 is 5.54 Å². The van der Waals surface area contributed by atoms with Gasteiger partial charge in [0.25, 0.3) is 0 Å². The number of rotatable bonds is 5. The van der Waals surface area contributed by atoms with Crippen molar-refractivity contribution in [1.82, 2.24) is 4.90 Å². The summed E-state index contributed by atoms with van der Waals surface area (Å²) in [5.41, 5.74) is 12.6. The van der Waals surface area contributed by atoms with E-state index >= 15 is 0 Å². The van der Waals surface area contributed by atoms with Crippen molar-refractivity contribution >= 4 is 17.5 Å². The molecule has 1 unspecified atom stereocenters. The number of primary amides is 1. The van der Waals surface area contributed by atoms with Gasteiger partial charge in [0.2, 0.25) is 11.8 Å². The Kier molecular flexibility index (Phi) is 4.37. The van der Waals surface area contributed by atoms with Crippen molar-refractivity contribution in [2.75, 3.05) is 18.4 Å². The van der Waals surface area contributed by atoms with Gasteiger partial charge in [-0.1, -0.05) is 12.1 Å². The van der Waals surface area contributed by atoms with E-state index in [1.54, 1.807) is 0 Å². The van der Waals surface area contributed by atoms with Gasteiger partial charge in [0.1, 0.15) is 0 Å². The van der Waals surface area contributed by atoms with Crippen LogP contribution in [-0.2, 0) is 16.1 Å². The lowest BCUT2D eigenvalue weighted by Crippen LogP contribution is -2.40. The molecule has 1 heterocycles. The maximum absolute atomic E-state index is 11.9. The lowest BCUT2D eigenvalue weighted by molar-refractivity contribution is -0.123. The van der Waals surface area contributed by atoms with Crippen molar-refractivity contribution in [2.24, 2.45) is 17.4 Å². The largest absolute Gasteiger partial charge is 0.369 e. The predicted molar refractivity (Wildman–Crippen MR) is 88.4 cm³/mol. The molecular weight excluding hydrogens is 292 g/mol. The molecule has 1 saturated carbocycles. The normalized spacial score (nSPS) is 23.3. The minimum atomic E-state index is -0.657. The summed E-state index contributed by atoms with van der Waals surface area (Å²) in [5, 5.41) is 2.86. The molecule has 0 spiro atoms. The van der Waals surface area contributed by atoms with E-state index in [0.29, 0.717) is 0 Å². The molecule has 2 fully saturated rings. The van der Waals surface area contributed by atoms with E-state index in [2.05, 4.69) is 10.2 Å².